The zero-order valence-corrected chi connectivity index (χ0v) is 10.3. The van der Waals surface area contributed by atoms with Crippen molar-refractivity contribution in [2.24, 2.45) is 9.98 Å². The molecule has 1 aliphatic carbocycles. The third-order valence-corrected chi connectivity index (χ3v) is 3.73. The molecule has 1 fully saturated rings. The summed E-state index contributed by atoms with van der Waals surface area (Å²) in [5, 5.41) is 0. The third kappa shape index (κ3) is 2.17. The first-order valence-electron chi connectivity index (χ1n) is 6.51. The minimum Gasteiger partial charge on any atom is -0.285 e. The fraction of sp³-hybridized carbons (Fsp3) is 0.467. The number of aryl methyl sites for hydroxylation is 1. The van der Waals surface area contributed by atoms with Crippen LogP contribution in [0, 0.1) is 6.92 Å². The quantitative estimate of drug-likeness (QED) is 0.702. The lowest BCUT2D eigenvalue weighted by Gasteiger charge is -2.28. The summed E-state index contributed by atoms with van der Waals surface area (Å²) in [5.41, 5.74) is 3.55. The van der Waals surface area contributed by atoms with Gasteiger partial charge in [-0.15, -0.1) is 0 Å². The Hall–Kier alpha value is -1.44. The molecule has 0 radical (unpaired) electrons. The molecule has 0 aromatic heterocycles. The summed E-state index contributed by atoms with van der Waals surface area (Å²) in [6, 6.07) is 9.45. The van der Waals surface area contributed by atoms with E-state index in [1.165, 1.54) is 36.8 Å². The van der Waals surface area contributed by atoms with Crippen molar-refractivity contribution < 1.29 is 0 Å². The highest BCUT2D eigenvalue weighted by Gasteiger charge is 2.26. The molecular formula is C15H18N2. The monoisotopic (exact) mass is 226 g/mol. The molecule has 0 unspecified atom stereocenters. The van der Waals surface area contributed by atoms with E-state index < -0.39 is 0 Å². The van der Waals surface area contributed by atoms with E-state index in [1.54, 1.807) is 0 Å². The second-order valence-corrected chi connectivity index (χ2v) is 5.08. The summed E-state index contributed by atoms with van der Waals surface area (Å²) in [5.74, 6) is 0. The summed E-state index contributed by atoms with van der Waals surface area (Å²) in [7, 11) is 0. The molecule has 0 spiro atoms. The summed E-state index contributed by atoms with van der Waals surface area (Å²) >= 11 is 0. The Morgan fingerprint density at radius 3 is 2.47 bits per heavy atom. The van der Waals surface area contributed by atoms with E-state index in [2.05, 4.69) is 36.2 Å². The molecule has 0 amide bonds. The summed E-state index contributed by atoms with van der Waals surface area (Å²) < 4.78 is 0. The van der Waals surface area contributed by atoms with Gasteiger partial charge in [-0.1, -0.05) is 42.7 Å². The number of rotatable bonds is 1. The molecule has 17 heavy (non-hydrogen) atoms. The molecule has 88 valence electrons. The van der Waals surface area contributed by atoms with E-state index in [0.29, 0.717) is 12.1 Å². The SMILES string of the molecule is Cc1ccc(C2=N[C@@H]3CCCC[C@H]3N=C2)cc1. The maximum Gasteiger partial charge on any atom is 0.0829 e. The minimum absolute atomic E-state index is 0.435. The van der Waals surface area contributed by atoms with Crippen LogP contribution in [-0.2, 0) is 0 Å². The number of fused-ring (bicyclic) bond motifs is 1. The summed E-state index contributed by atoms with van der Waals surface area (Å²) in [6.07, 6.45) is 7.01. The third-order valence-electron chi connectivity index (χ3n) is 3.73. The fourth-order valence-electron chi connectivity index (χ4n) is 2.67. The molecule has 2 aliphatic rings. The van der Waals surface area contributed by atoms with Gasteiger partial charge < -0.3 is 0 Å². The van der Waals surface area contributed by atoms with Crippen molar-refractivity contribution in [3.05, 3.63) is 35.4 Å². The highest BCUT2D eigenvalue weighted by molar-refractivity contribution is 6.38. The lowest BCUT2D eigenvalue weighted by Crippen LogP contribution is -2.32. The van der Waals surface area contributed by atoms with Gasteiger partial charge in [-0.25, -0.2) is 0 Å². The first-order chi connectivity index (χ1) is 8.33. The first-order valence-corrected chi connectivity index (χ1v) is 6.51. The van der Waals surface area contributed by atoms with E-state index >= 15 is 0 Å². The van der Waals surface area contributed by atoms with Gasteiger partial charge in [0, 0.05) is 11.8 Å². The molecule has 2 nitrogen and oxygen atoms in total. The molecule has 1 heterocycles. The second-order valence-electron chi connectivity index (χ2n) is 5.08. The van der Waals surface area contributed by atoms with Gasteiger partial charge in [0.15, 0.2) is 0 Å². The lowest BCUT2D eigenvalue weighted by molar-refractivity contribution is 0.387. The normalized spacial score (nSPS) is 27.5. The topological polar surface area (TPSA) is 24.7 Å². The van der Waals surface area contributed by atoms with Crippen LogP contribution in [0.25, 0.3) is 0 Å². The van der Waals surface area contributed by atoms with Crippen molar-refractivity contribution in [3.8, 4) is 0 Å². The molecule has 2 heteroatoms. The largest absolute Gasteiger partial charge is 0.285 e. The van der Waals surface area contributed by atoms with Crippen molar-refractivity contribution in [2.45, 2.75) is 44.7 Å². The Labute approximate surface area is 102 Å². The number of benzene rings is 1. The molecule has 3 rings (SSSR count). The van der Waals surface area contributed by atoms with Crippen molar-refractivity contribution in [1.82, 2.24) is 0 Å². The zero-order chi connectivity index (χ0) is 11.7. The van der Waals surface area contributed by atoms with E-state index in [4.69, 9.17) is 4.99 Å². The van der Waals surface area contributed by atoms with Crippen LogP contribution in [0.4, 0.5) is 0 Å². The molecule has 2 atom stereocenters. The number of hydrogen-bond acceptors (Lipinski definition) is 2. The van der Waals surface area contributed by atoms with Crippen LogP contribution in [0.2, 0.25) is 0 Å². The van der Waals surface area contributed by atoms with Gasteiger partial charge in [-0.3, -0.25) is 9.98 Å². The maximum absolute atomic E-state index is 4.87. The molecule has 0 saturated heterocycles. The van der Waals surface area contributed by atoms with Crippen molar-refractivity contribution >= 4 is 11.9 Å². The number of hydrogen-bond donors (Lipinski definition) is 0. The van der Waals surface area contributed by atoms with Gasteiger partial charge in [0.1, 0.15) is 0 Å². The molecule has 0 N–H and O–H groups in total. The Bertz CT molecular complexity index is 456. The van der Waals surface area contributed by atoms with Gasteiger partial charge in [-0.2, -0.15) is 0 Å². The van der Waals surface area contributed by atoms with Crippen LogP contribution in [0.15, 0.2) is 34.3 Å². The van der Waals surface area contributed by atoms with Crippen LogP contribution in [-0.4, -0.2) is 24.0 Å². The standard InChI is InChI=1S/C15H18N2/c1-11-6-8-12(9-7-11)15-10-16-13-4-2-3-5-14(13)17-15/h6-10,13-14H,2-5H2,1H3/t13-,14-/m1/s1. The van der Waals surface area contributed by atoms with Crippen LogP contribution in [0.5, 0.6) is 0 Å². The molecule has 1 aliphatic heterocycles. The van der Waals surface area contributed by atoms with E-state index in [9.17, 15) is 0 Å². The lowest BCUT2D eigenvalue weighted by atomic mass is 9.90. The van der Waals surface area contributed by atoms with Crippen molar-refractivity contribution in [3.63, 3.8) is 0 Å². The van der Waals surface area contributed by atoms with Gasteiger partial charge in [-0.05, 0) is 19.8 Å². The average Bonchev–Trinajstić information content (AvgIpc) is 2.39. The van der Waals surface area contributed by atoms with Gasteiger partial charge in [0.25, 0.3) is 0 Å². The number of aliphatic imine (C=N–C) groups is 2. The smallest absolute Gasteiger partial charge is 0.0829 e. The zero-order valence-electron chi connectivity index (χ0n) is 10.3. The van der Waals surface area contributed by atoms with Crippen molar-refractivity contribution in [2.75, 3.05) is 0 Å². The Morgan fingerprint density at radius 2 is 1.71 bits per heavy atom. The predicted molar refractivity (Wildman–Crippen MR) is 72.3 cm³/mol. The average molecular weight is 226 g/mol. The van der Waals surface area contributed by atoms with E-state index in [1.807, 2.05) is 6.21 Å². The molecule has 1 saturated carbocycles. The van der Waals surface area contributed by atoms with Crippen molar-refractivity contribution in [1.29, 1.82) is 0 Å². The number of nitrogens with zero attached hydrogens (tertiary/aromatic N) is 2. The summed E-state index contributed by atoms with van der Waals surface area (Å²) in [4.78, 5) is 9.55. The molecular weight excluding hydrogens is 208 g/mol. The maximum atomic E-state index is 4.87. The first kappa shape index (κ1) is 10.7. The highest BCUT2D eigenvalue weighted by atomic mass is 15.0. The highest BCUT2D eigenvalue weighted by Crippen LogP contribution is 2.26. The van der Waals surface area contributed by atoms with Crippen LogP contribution in [0.1, 0.15) is 36.8 Å². The Morgan fingerprint density at radius 1 is 1.00 bits per heavy atom. The Balaban J connectivity index is 1.87. The van der Waals surface area contributed by atoms with Gasteiger partial charge in [0.2, 0.25) is 0 Å². The minimum atomic E-state index is 0.435. The Kier molecular flexibility index (Phi) is 2.79. The molecule has 1 aromatic rings. The van der Waals surface area contributed by atoms with Gasteiger partial charge >= 0.3 is 0 Å². The molecule has 0 bridgehead atoms. The molecule has 1 aromatic carbocycles. The van der Waals surface area contributed by atoms with Gasteiger partial charge in [0.05, 0.1) is 17.8 Å². The second kappa shape index (κ2) is 4.44. The van der Waals surface area contributed by atoms with Crippen LogP contribution < -0.4 is 0 Å². The fourth-order valence-corrected chi connectivity index (χ4v) is 2.67. The van der Waals surface area contributed by atoms with E-state index in [0.717, 1.165) is 5.71 Å². The van der Waals surface area contributed by atoms with Crippen LogP contribution >= 0.6 is 0 Å². The summed E-state index contributed by atoms with van der Waals surface area (Å²) in [6.45, 7) is 2.11. The van der Waals surface area contributed by atoms with Crippen LogP contribution in [0.3, 0.4) is 0 Å². The van der Waals surface area contributed by atoms with E-state index in [-0.39, 0.29) is 0 Å². The predicted octanol–water partition coefficient (Wildman–Crippen LogP) is 3.18.